The normalized spacial score (nSPS) is 10.4. The zero-order valence-electron chi connectivity index (χ0n) is 8.79. The minimum atomic E-state index is -0.169. The van der Waals surface area contributed by atoms with Gasteiger partial charge >= 0.3 is 0 Å². The van der Waals surface area contributed by atoms with Crippen LogP contribution < -0.4 is 0 Å². The Balaban J connectivity index is 2.27. The van der Waals surface area contributed by atoms with Crippen molar-refractivity contribution >= 4 is 11.6 Å². The fourth-order valence-corrected chi connectivity index (χ4v) is 1.83. The summed E-state index contributed by atoms with van der Waals surface area (Å²) in [6.45, 7) is 0. The third-order valence-corrected chi connectivity index (χ3v) is 2.81. The quantitative estimate of drug-likeness (QED) is 0.700. The van der Waals surface area contributed by atoms with Gasteiger partial charge in [-0.3, -0.25) is 0 Å². The number of alkyl halides is 1. The first-order valence-corrected chi connectivity index (χ1v) is 5.70. The van der Waals surface area contributed by atoms with Crippen LogP contribution in [0.25, 0.3) is 0 Å². The van der Waals surface area contributed by atoms with Crippen LogP contribution in [0.15, 0.2) is 48.5 Å². The number of hydrogen-bond acceptors (Lipinski definition) is 0. The summed E-state index contributed by atoms with van der Waals surface area (Å²) < 4.78 is 13.5. The lowest BCUT2D eigenvalue weighted by Crippen LogP contribution is -1.94. The van der Waals surface area contributed by atoms with Crippen LogP contribution >= 0.6 is 11.6 Å². The Hall–Kier alpha value is -1.34. The molecule has 0 aromatic heterocycles. The van der Waals surface area contributed by atoms with E-state index < -0.39 is 0 Å². The molecule has 0 saturated heterocycles. The molecule has 0 N–H and O–H groups in total. The van der Waals surface area contributed by atoms with Crippen molar-refractivity contribution in [2.45, 2.75) is 12.3 Å². The third-order valence-electron chi connectivity index (χ3n) is 2.50. The van der Waals surface area contributed by atoms with Gasteiger partial charge in [0, 0.05) is 12.3 Å². The molecule has 0 bridgehead atoms. The molecular weight excluding hydrogens is 223 g/mol. The number of benzene rings is 2. The van der Waals surface area contributed by atoms with Crippen LogP contribution in [0, 0.1) is 5.82 Å². The van der Waals surface area contributed by atoms with E-state index >= 15 is 0 Å². The maximum Gasteiger partial charge on any atom is 0.126 e. The van der Waals surface area contributed by atoms with Crippen LogP contribution in [-0.2, 0) is 12.3 Å². The van der Waals surface area contributed by atoms with Crippen LogP contribution in [0.1, 0.15) is 16.7 Å². The van der Waals surface area contributed by atoms with Crippen molar-refractivity contribution in [3.63, 3.8) is 0 Å². The zero-order chi connectivity index (χ0) is 11.4. The summed E-state index contributed by atoms with van der Waals surface area (Å²) in [6.07, 6.45) is 0.609. The Morgan fingerprint density at radius 1 is 0.938 bits per heavy atom. The van der Waals surface area contributed by atoms with E-state index in [4.69, 9.17) is 11.6 Å². The summed E-state index contributed by atoms with van der Waals surface area (Å²) in [6, 6.07) is 14.9. The lowest BCUT2D eigenvalue weighted by molar-refractivity contribution is 0.613. The maximum absolute atomic E-state index is 13.5. The number of halogens is 2. The molecule has 2 aromatic rings. The summed E-state index contributed by atoms with van der Waals surface area (Å²) >= 11 is 5.73. The van der Waals surface area contributed by atoms with E-state index in [1.807, 2.05) is 36.4 Å². The molecule has 0 unspecified atom stereocenters. The molecule has 0 saturated carbocycles. The largest absolute Gasteiger partial charge is 0.207 e. The van der Waals surface area contributed by atoms with E-state index in [0.29, 0.717) is 17.9 Å². The van der Waals surface area contributed by atoms with E-state index in [2.05, 4.69) is 0 Å². The average molecular weight is 235 g/mol. The highest BCUT2D eigenvalue weighted by molar-refractivity contribution is 6.17. The maximum atomic E-state index is 13.5. The summed E-state index contributed by atoms with van der Waals surface area (Å²) in [5, 5.41) is 0. The third kappa shape index (κ3) is 2.61. The fourth-order valence-electron chi connectivity index (χ4n) is 1.66. The lowest BCUT2D eigenvalue weighted by atomic mass is 10.0. The van der Waals surface area contributed by atoms with Crippen molar-refractivity contribution in [3.05, 3.63) is 71.0 Å². The van der Waals surface area contributed by atoms with Gasteiger partial charge in [-0.1, -0.05) is 42.5 Å². The fraction of sp³-hybridized carbons (Fsp3) is 0.143. The first kappa shape index (κ1) is 11.2. The average Bonchev–Trinajstić information content (AvgIpc) is 2.33. The second kappa shape index (κ2) is 5.13. The van der Waals surface area contributed by atoms with Gasteiger partial charge in [0.05, 0.1) is 0 Å². The van der Waals surface area contributed by atoms with Crippen molar-refractivity contribution in [3.8, 4) is 0 Å². The minimum absolute atomic E-state index is 0.169. The second-order valence-electron chi connectivity index (χ2n) is 3.72. The van der Waals surface area contributed by atoms with Gasteiger partial charge in [-0.25, -0.2) is 4.39 Å². The monoisotopic (exact) mass is 234 g/mol. The van der Waals surface area contributed by atoms with E-state index in [1.165, 1.54) is 6.07 Å². The van der Waals surface area contributed by atoms with Gasteiger partial charge in [-0.2, -0.15) is 0 Å². The van der Waals surface area contributed by atoms with Crippen molar-refractivity contribution in [1.82, 2.24) is 0 Å². The molecule has 0 aliphatic rings. The molecule has 0 amide bonds. The zero-order valence-corrected chi connectivity index (χ0v) is 9.54. The Kier molecular flexibility index (Phi) is 3.58. The summed E-state index contributed by atoms with van der Waals surface area (Å²) in [5.41, 5.74) is 2.76. The molecule has 0 fully saturated rings. The Labute approximate surface area is 99.7 Å². The topological polar surface area (TPSA) is 0 Å². The first-order chi connectivity index (χ1) is 7.79. The summed E-state index contributed by atoms with van der Waals surface area (Å²) in [7, 11) is 0. The Morgan fingerprint density at radius 2 is 1.69 bits per heavy atom. The predicted octanol–water partition coefficient (Wildman–Crippen LogP) is 4.16. The van der Waals surface area contributed by atoms with Crippen LogP contribution in [0.2, 0.25) is 0 Å². The van der Waals surface area contributed by atoms with Gasteiger partial charge in [0.25, 0.3) is 0 Å². The molecule has 2 rings (SSSR count). The Morgan fingerprint density at radius 3 is 2.38 bits per heavy atom. The highest BCUT2D eigenvalue weighted by Gasteiger charge is 2.04. The molecule has 16 heavy (non-hydrogen) atoms. The number of hydrogen-bond donors (Lipinski definition) is 0. The molecule has 2 heteroatoms. The molecular formula is C14H12ClF. The molecule has 0 heterocycles. The highest BCUT2D eigenvalue weighted by atomic mass is 35.5. The van der Waals surface area contributed by atoms with E-state index in [1.54, 1.807) is 6.07 Å². The van der Waals surface area contributed by atoms with E-state index in [0.717, 1.165) is 11.1 Å². The first-order valence-electron chi connectivity index (χ1n) is 5.17. The van der Waals surface area contributed by atoms with Crippen molar-refractivity contribution in [2.24, 2.45) is 0 Å². The molecule has 82 valence electrons. The van der Waals surface area contributed by atoms with Crippen LogP contribution in [0.3, 0.4) is 0 Å². The molecule has 2 aromatic carbocycles. The van der Waals surface area contributed by atoms with Crippen LogP contribution in [0.4, 0.5) is 4.39 Å². The van der Waals surface area contributed by atoms with Crippen molar-refractivity contribution in [1.29, 1.82) is 0 Å². The van der Waals surface area contributed by atoms with Gasteiger partial charge in [0.2, 0.25) is 0 Å². The molecule has 0 spiro atoms. The molecule has 0 radical (unpaired) electrons. The van der Waals surface area contributed by atoms with Crippen molar-refractivity contribution in [2.75, 3.05) is 0 Å². The molecule has 0 aliphatic heterocycles. The lowest BCUT2D eigenvalue weighted by Gasteiger charge is -2.05. The molecule has 0 nitrogen and oxygen atoms in total. The van der Waals surface area contributed by atoms with Gasteiger partial charge in [-0.15, -0.1) is 11.6 Å². The second-order valence-corrected chi connectivity index (χ2v) is 3.99. The molecule has 0 atom stereocenters. The van der Waals surface area contributed by atoms with Gasteiger partial charge < -0.3 is 0 Å². The smallest absolute Gasteiger partial charge is 0.126 e. The summed E-state index contributed by atoms with van der Waals surface area (Å²) in [5.74, 6) is 0.250. The van der Waals surface area contributed by atoms with E-state index in [-0.39, 0.29) is 5.82 Å². The van der Waals surface area contributed by atoms with Crippen LogP contribution in [-0.4, -0.2) is 0 Å². The predicted molar refractivity (Wildman–Crippen MR) is 65.2 cm³/mol. The van der Waals surface area contributed by atoms with Crippen LogP contribution in [0.5, 0.6) is 0 Å². The summed E-state index contributed by atoms with van der Waals surface area (Å²) in [4.78, 5) is 0. The number of rotatable bonds is 3. The highest BCUT2D eigenvalue weighted by Crippen LogP contribution is 2.16. The SMILES string of the molecule is Fc1ccc(CCl)cc1Cc1ccccc1. The van der Waals surface area contributed by atoms with Gasteiger partial charge in [-0.05, 0) is 22.8 Å². The standard InChI is InChI=1S/C14H12ClF/c15-10-12-6-7-14(16)13(9-12)8-11-4-2-1-3-5-11/h1-7,9H,8,10H2. The minimum Gasteiger partial charge on any atom is -0.207 e. The Bertz CT molecular complexity index is 465. The van der Waals surface area contributed by atoms with Crippen molar-refractivity contribution < 1.29 is 4.39 Å². The molecule has 0 aliphatic carbocycles. The van der Waals surface area contributed by atoms with Gasteiger partial charge in [0.1, 0.15) is 5.82 Å². The van der Waals surface area contributed by atoms with E-state index in [9.17, 15) is 4.39 Å². The van der Waals surface area contributed by atoms with Gasteiger partial charge in [0.15, 0.2) is 0 Å².